The Kier molecular flexibility index (Phi) is 6.63. The molecule has 0 bridgehead atoms. The molecule has 0 aliphatic rings. The number of benzene rings is 1. The zero-order chi connectivity index (χ0) is 17.4. The van der Waals surface area contributed by atoms with Gasteiger partial charge in [-0.05, 0) is 49.8 Å². The maximum absolute atomic E-state index is 5.93. The van der Waals surface area contributed by atoms with Gasteiger partial charge in [0.15, 0.2) is 0 Å². The largest absolute Gasteiger partial charge is 0.368 e. The lowest BCUT2D eigenvalue weighted by molar-refractivity contribution is 0.459. The average molecular weight is 344 g/mol. The molecule has 0 atom stereocenters. The Labute approximate surface area is 147 Å². The van der Waals surface area contributed by atoms with E-state index in [-0.39, 0.29) is 0 Å². The van der Waals surface area contributed by atoms with E-state index in [1.807, 2.05) is 67.4 Å². The molecular weight excluding hydrogens is 322 g/mol. The van der Waals surface area contributed by atoms with Gasteiger partial charge in [0, 0.05) is 41.8 Å². The molecule has 126 valence electrons. The molecule has 1 heterocycles. The lowest BCUT2D eigenvalue weighted by atomic mass is 10.1. The number of allylic oxidation sites excluding steroid dienone is 1. The minimum Gasteiger partial charge on any atom is -0.368 e. The Bertz CT molecular complexity index is 724. The Hall–Kier alpha value is -2.53. The highest BCUT2D eigenvalue weighted by atomic mass is 35.5. The molecule has 0 aliphatic heterocycles. The summed E-state index contributed by atoms with van der Waals surface area (Å²) in [4.78, 5) is 5.14. The molecule has 0 unspecified atom stereocenters. The van der Waals surface area contributed by atoms with Crippen molar-refractivity contribution in [3.8, 4) is 11.1 Å². The molecule has 1 aromatic heterocycles. The van der Waals surface area contributed by atoms with Crippen LogP contribution in [0.15, 0.2) is 52.8 Å². The number of halogens is 1. The lowest BCUT2D eigenvalue weighted by Gasteiger charge is -2.17. The van der Waals surface area contributed by atoms with Crippen LogP contribution in [0.3, 0.4) is 0 Å². The third-order valence-corrected chi connectivity index (χ3v) is 3.85. The summed E-state index contributed by atoms with van der Waals surface area (Å²) in [5.41, 5.74) is 9.04. The summed E-state index contributed by atoms with van der Waals surface area (Å²) in [6, 6.07) is 9.77. The van der Waals surface area contributed by atoms with Gasteiger partial charge in [0.1, 0.15) is 0 Å². The molecule has 0 amide bonds. The van der Waals surface area contributed by atoms with Crippen molar-refractivity contribution in [2.75, 3.05) is 13.1 Å². The molecular formula is C18H22ClN5. The van der Waals surface area contributed by atoms with Crippen LogP contribution >= 0.6 is 11.6 Å². The number of hydrogen-bond donors (Lipinski definition) is 2. The minimum absolute atomic E-state index is 0.423. The average Bonchev–Trinajstić information content (AvgIpc) is 3.05. The van der Waals surface area contributed by atoms with Crippen LogP contribution in [-0.2, 0) is 0 Å². The Morgan fingerprint density at radius 1 is 1.21 bits per heavy atom. The minimum atomic E-state index is 0.423. The summed E-state index contributed by atoms with van der Waals surface area (Å²) < 4.78 is 0. The molecule has 0 saturated carbocycles. The van der Waals surface area contributed by atoms with Crippen LogP contribution < -0.4 is 5.73 Å². The van der Waals surface area contributed by atoms with E-state index in [9.17, 15) is 0 Å². The van der Waals surface area contributed by atoms with Crippen molar-refractivity contribution in [2.45, 2.75) is 13.8 Å². The SMILES string of the molecule is CCN(CC)C(N)=NN=CC=Cc1[nH]ccc1-c1ccc(Cl)cc1. The second-order valence-electron chi connectivity index (χ2n) is 5.07. The van der Waals surface area contributed by atoms with Crippen LogP contribution in [0.25, 0.3) is 17.2 Å². The number of aromatic amines is 1. The highest BCUT2D eigenvalue weighted by Gasteiger charge is 2.03. The maximum atomic E-state index is 5.93. The molecule has 0 spiro atoms. The molecule has 5 nitrogen and oxygen atoms in total. The van der Waals surface area contributed by atoms with E-state index in [1.165, 1.54) is 0 Å². The number of nitrogens with zero attached hydrogens (tertiary/aromatic N) is 3. The maximum Gasteiger partial charge on any atom is 0.216 e. The summed E-state index contributed by atoms with van der Waals surface area (Å²) in [7, 11) is 0. The van der Waals surface area contributed by atoms with Crippen molar-refractivity contribution in [3.63, 3.8) is 0 Å². The third-order valence-electron chi connectivity index (χ3n) is 3.60. The fourth-order valence-electron chi connectivity index (χ4n) is 2.28. The first kappa shape index (κ1) is 17.8. The highest BCUT2D eigenvalue weighted by molar-refractivity contribution is 6.30. The van der Waals surface area contributed by atoms with E-state index >= 15 is 0 Å². The van der Waals surface area contributed by atoms with Crippen LogP contribution in [0.2, 0.25) is 5.02 Å². The lowest BCUT2D eigenvalue weighted by Crippen LogP contribution is -2.36. The van der Waals surface area contributed by atoms with Gasteiger partial charge in [0.2, 0.25) is 5.96 Å². The molecule has 2 rings (SSSR count). The molecule has 0 saturated heterocycles. The summed E-state index contributed by atoms with van der Waals surface area (Å²) in [6.07, 6.45) is 7.28. The normalized spacial score (nSPS) is 12.4. The van der Waals surface area contributed by atoms with E-state index in [0.29, 0.717) is 5.96 Å². The van der Waals surface area contributed by atoms with Crippen molar-refractivity contribution in [2.24, 2.45) is 15.9 Å². The molecule has 0 fully saturated rings. The van der Waals surface area contributed by atoms with Gasteiger partial charge >= 0.3 is 0 Å². The first-order chi connectivity index (χ1) is 11.7. The third kappa shape index (κ3) is 4.73. The van der Waals surface area contributed by atoms with Gasteiger partial charge in [-0.2, -0.15) is 5.10 Å². The second kappa shape index (κ2) is 8.93. The number of guanidine groups is 1. The predicted octanol–water partition coefficient (Wildman–Crippen LogP) is 3.99. The van der Waals surface area contributed by atoms with Crippen molar-refractivity contribution >= 4 is 29.9 Å². The summed E-state index contributed by atoms with van der Waals surface area (Å²) in [5.74, 6) is 0.423. The monoisotopic (exact) mass is 343 g/mol. The fourth-order valence-corrected chi connectivity index (χ4v) is 2.41. The Morgan fingerprint density at radius 2 is 1.92 bits per heavy atom. The van der Waals surface area contributed by atoms with Gasteiger partial charge in [-0.1, -0.05) is 23.7 Å². The van der Waals surface area contributed by atoms with Gasteiger partial charge in [-0.15, -0.1) is 5.10 Å². The number of nitrogens with one attached hydrogen (secondary N) is 1. The quantitative estimate of drug-likeness (QED) is 0.473. The summed E-state index contributed by atoms with van der Waals surface area (Å²) in [5, 5.41) is 8.69. The predicted molar refractivity (Wildman–Crippen MR) is 103 cm³/mol. The molecule has 1 aromatic carbocycles. The van der Waals surface area contributed by atoms with E-state index < -0.39 is 0 Å². The van der Waals surface area contributed by atoms with Crippen molar-refractivity contribution < 1.29 is 0 Å². The Morgan fingerprint density at radius 3 is 2.58 bits per heavy atom. The molecule has 24 heavy (non-hydrogen) atoms. The number of H-pyrrole nitrogens is 1. The number of rotatable bonds is 6. The van der Waals surface area contributed by atoms with E-state index in [0.717, 1.165) is 34.9 Å². The summed E-state index contributed by atoms with van der Waals surface area (Å²) >= 11 is 5.93. The van der Waals surface area contributed by atoms with Gasteiger partial charge in [0.25, 0.3) is 0 Å². The molecule has 0 aliphatic carbocycles. The first-order valence-corrected chi connectivity index (χ1v) is 8.25. The molecule has 2 aromatic rings. The molecule has 3 N–H and O–H groups in total. The topological polar surface area (TPSA) is 69.8 Å². The van der Waals surface area contributed by atoms with Crippen molar-refractivity contribution in [1.82, 2.24) is 9.88 Å². The van der Waals surface area contributed by atoms with Crippen LogP contribution in [0.1, 0.15) is 19.5 Å². The van der Waals surface area contributed by atoms with Gasteiger partial charge in [0.05, 0.1) is 0 Å². The molecule has 6 heteroatoms. The Balaban J connectivity index is 2.06. The van der Waals surface area contributed by atoms with Crippen molar-refractivity contribution in [1.29, 1.82) is 0 Å². The van der Waals surface area contributed by atoms with Crippen LogP contribution in [0, 0.1) is 0 Å². The van der Waals surface area contributed by atoms with Gasteiger partial charge < -0.3 is 15.6 Å². The molecule has 0 radical (unpaired) electrons. The summed E-state index contributed by atoms with van der Waals surface area (Å²) in [6.45, 7) is 5.67. The first-order valence-electron chi connectivity index (χ1n) is 7.87. The van der Waals surface area contributed by atoms with E-state index in [4.69, 9.17) is 17.3 Å². The standard InChI is InChI=1S/C18H22ClN5/c1-3-24(4-2)18(20)23-22-12-5-6-17-16(11-13-21-17)14-7-9-15(19)10-8-14/h5-13,21H,3-4H2,1-2H3,(H2,20,23). The number of nitrogens with two attached hydrogens (primary N) is 1. The van der Waals surface area contributed by atoms with Crippen LogP contribution in [-0.4, -0.2) is 35.1 Å². The van der Waals surface area contributed by atoms with E-state index in [2.05, 4.69) is 15.2 Å². The van der Waals surface area contributed by atoms with Crippen LogP contribution in [0.4, 0.5) is 0 Å². The van der Waals surface area contributed by atoms with Gasteiger partial charge in [-0.25, -0.2) is 0 Å². The van der Waals surface area contributed by atoms with Gasteiger partial charge in [-0.3, -0.25) is 0 Å². The van der Waals surface area contributed by atoms with Crippen molar-refractivity contribution in [3.05, 3.63) is 53.3 Å². The fraction of sp³-hybridized carbons (Fsp3) is 0.222. The number of hydrogen-bond acceptors (Lipinski definition) is 2. The zero-order valence-electron chi connectivity index (χ0n) is 13.9. The van der Waals surface area contributed by atoms with Crippen LogP contribution in [0.5, 0.6) is 0 Å². The highest BCUT2D eigenvalue weighted by Crippen LogP contribution is 2.25. The second-order valence-corrected chi connectivity index (χ2v) is 5.50. The van der Waals surface area contributed by atoms with E-state index in [1.54, 1.807) is 6.21 Å². The number of aromatic nitrogens is 1. The smallest absolute Gasteiger partial charge is 0.216 e. The zero-order valence-corrected chi connectivity index (χ0v) is 14.7.